The number of carbonyl (C=O) groups excluding carboxylic acids is 2. The summed E-state index contributed by atoms with van der Waals surface area (Å²) in [4.78, 5) is 28.3. The van der Waals surface area contributed by atoms with E-state index in [1.54, 1.807) is 12.0 Å². The predicted octanol–water partition coefficient (Wildman–Crippen LogP) is 5.00. The summed E-state index contributed by atoms with van der Waals surface area (Å²) in [5.74, 6) is 0.764. The highest BCUT2D eigenvalue weighted by Gasteiger charge is 2.32. The molecule has 0 aliphatic heterocycles. The van der Waals surface area contributed by atoms with Crippen LogP contribution in [0.4, 0.5) is 0 Å². The minimum absolute atomic E-state index is 0.0528. The third-order valence-electron chi connectivity index (χ3n) is 5.76. The molecule has 0 heterocycles. The lowest BCUT2D eigenvalue weighted by Crippen LogP contribution is -2.47. The Balaban J connectivity index is 2.29. The van der Waals surface area contributed by atoms with Gasteiger partial charge in [-0.15, -0.1) is 0 Å². The summed E-state index contributed by atoms with van der Waals surface area (Å²) < 4.78 is 5.28. The summed E-state index contributed by atoms with van der Waals surface area (Å²) in [6.07, 6.45) is 9.80. The molecule has 0 saturated heterocycles. The van der Waals surface area contributed by atoms with Crippen LogP contribution in [-0.2, 0) is 9.59 Å². The van der Waals surface area contributed by atoms with E-state index in [1.165, 1.54) is 6.42 Å². The van der Waals surface area contributed by atoms with Crippen molar-refractivity contribution in [2.24, 2.45) is 0 Å². The Morgan fingerprint density at radius 1 is 1.07 bits per heavy atom. The van der Waals surface area contributed by atoms with Gasteiger partial charge >= 0.3 is 0 Å². The zero-order chi connectivity index (χ0) is 21.1. The van der Waals surface area contributed by atoms with Crippen LogP contribution in [0.3, 0.4) is 0 Å². The molecular weight excluding hydrogens is 364 g/mol. The highest BCUT2D eigenvalue weighted by atomic mass is 16.5. The molecule has 1 saturated carbocycles. The molecule has 5 heteroatoms. The number of nitrogens with one attached hydrogen (secondary N) is 1. The largest absolute Gasteiger partial charge is 0.497 e. The standard InChI is InChI=1S/C24H38N2O3/c1-4-6-13-22(27)26(18-7-5-2)23(19-14-16-21(29-3)17-15-19)24(28)25-20-11-9-8-10-12-20/h14-17,20,23H,4-13,18H2,1-3H3,(H,25,28). The average molecular weight is 403 g/mol. The SMILES string of the molecule is CCCCC(=O)N(CCCC)C(C(=O)NC1CCCCC1)c1ccc(OC)cc1. The minimum atomic E-state index is -0.585. The smallest absolute Gasteiger partial charge is 0.247 e. The Morgan fingerprint density at radius 3 is 2.31 bits per heavy atom. The fourth-order valence-corrected chi connectivity index (χ4v) is 3.98. The molecule has 0 bridgehead atoms. The Morgan fingerprint density at radius 2 is 1.72 bits per heavy atom. The molecule has 1 atom stereocenters. The number of nitrogens with zero attached hydrogens (tertiary/aromatic N) is 1. The molecule has 2 amide bonds. The van der Waals surface area contributed by atoms with Crippen molar-refractivity contribution in [2.45, 2.75) is 90.1 Å². The quantitative estimate of drug-likeness (QED) is 0.566. The molecule has 1 aliphatic carbocycles. The maximum atomic E-state index is 13.4. The molecule has 1 aromatic carbocycles. The first-order valence-corrected chi connectivity index (χ1v) is 11.3. The van der Waals surface area contributed by atoms with Crippen LogP contribution >= 0.6 is 0 Å². The van der Waals surface area contributed by atoms with E-state index in [4.69, 9.17) is 4.74 Å². The van der Waals surface area contributed by atoms with Crippen LogP contribution < -0.4 is 10.1 Å². The molecule has 0 spiro atoms. The van der Waals surface area contributed by atoms with Crippen molar-refractivity contribution in [3.63, 3.8) is 0 Å². The fraction of sp³-hybridized carbons (Fsp3) is 0.667. The first-order valence-electron chi connectivity index (χ1n) is 11.3. The van der Waals surface area contributed by atoms with Gasteiger partial charge in [0.25, 0.3) is 0 Å². The van der Waals surface area contributed by atoms with Crippen molar-refractivity contribution in [3.8, 4) is 5.75 Å². The van der Waals surface area contributed by atoms with Crippen molar-refractivity contribution < 1.29 is 14.3 Å². The summed E-state index contributed by atoms with van der Waals surface area (Å²) in [7, 11) is 1.63. The number of methoxy groups -OCH3 is 1. The summed E-state index contributed by atoms with van der Waals surface area (Å²) in [6, 6.07) is 7.19. The molecule has 1 N–H and O–H groups in total. The molecule has 5 nitrogen and oxygen atoms in total. The van der Waals surface area contributed by atoms with Crippen LogP contribution in [0.15, 0.2) is 24.3 Å². The number of hydrogen-bond acceptors (Lipinski definition) is 3. The molecule has 0 aromatic heterocycles. The lowest BCUT2D eigenvalue weighted by Gasteiger charge is -2.33. The van der Waals surface area contributed by atoms with Crippen LogP contribution in [0.2, 0.25) is 0 Å². The van der Waals surface area contributed by atoms with Gasteiger partial charge < -0.3 is 15.0 Å². The van der Waals surface area contributed by atoms with Gasteiger partial charge in [-0.1, -0.05) is 58.1 Å². The van der Waals surface area contributed by atoms with E-state index in [-0.39, 0.29) is 17.9 Å². The highest BCUT2D eigenvalue weighted by molar-refractivity contribution is 5.89. The molecule has 1 unspecified atom stereocenters. The van der Waals surface area contributed by atoms with E-state index >= 15 is 0 Å². The lowest BCUT2D eigenvalue weighted by atomic mass is 9.94. The maximum Gasteiger partial charge on any atom is 0.247 e. The number of amides is 2. The van der Waals surface area contributed by atoms with Crippen LogP contribution in [0.1, 0.15) is 89.7 Å². The number of unbranched alkanes of at least 4 members (excludes halogenated alkanes) is 2. The summed E-state index contributed by atoms with van der Waals surface area (Å²) in [6.45, 7) is 4.80. The van der Waals surface area contributed by atoms with Gasteiger partial charge in [-0.25, -0.2) is 0 Å². The zero-order valence-corrected chi connectivity index (χ0v) is 18.4. The van der Waals surface area contributed by atoms with Gasteiger partial charge in [0.05, 0.1) is 7.11 Å². The van der Waals surface area contributed by atoms with Crippen molar-refractivity contribution in [1.82, 2.24) is 10.2 Å². The molecule has 2 rings (SSSR count). The van der Waals surface area contributed by atoms with Crippen molar-refractivity contribution >= 4 is 11.8 Å². The van der Waals surface area contributed by atoms with Crippen molar-refractivity contribution in [3.05, 3.63) is 29.8 Å². The number of ether oxygens (including phenoxy) is 1. The van der Waals surface area contributed by atoms with Gasteiger partial charge in [-0.3, -0.25) is 9.59 Å². The molecule has 1 aliphatic rings. The molecule has 0 radical (unpaired) electrons. The molecule has 1 aromatic rings. The monoisotopic (exact) mass is 402 g/mol. The first kappa shape index (κ1) is 23.2. The van der Waals surface area contributed by atoms with E-state index in [1.807, 2.05) is 24.3 Å². The first-order chi connectivity index (χ1) is 14.1. The van der Waals surface area contributed by atoms with E-state index in [0.29, 0.717) is 13.0 Å². The third-order valence-corrected chi connectivity index (χ3v) is 5.76. The number of benzene rings is 1. The van der Waals surface area contributed by atoms with Crippen molar-refractivity contribution in [1.29, 1.82) is 0 Å². The summed E-state index contributed by atoms with van der Waals surface area (Å²) >= 11 is 0. The normalized spacial score (nSPS) is 15.6. The number of rotatable bonds is 11. The van der Waals surface area contributed by atoms with Crippen LogP contribution in [0.25, 0.3) is 0 Å². The van der Waals surface area contributed by atoms with Gasteiger partial charge in [0.1, 0.15) is 11.8 Å². The van der Waals surface area contributed by atoms with Gasteiger partial charge in [0.2, 0.25) is 11.8 Å². The Hall–Kier alpha value is -2.04. The second kappa shape index (κ2) is 12.5. The molecule has 29 heavy (non-hydrogen) atoms. The van der Waals surface area contributed by atoms with Crippen molar-refractivity contribution in [2.75, 3.05) is 13.7 Å². The predicted molar refractivity (Wildman–Crippen MR) is 117 cm³/mol. The topological polar surface area (TPSA) is 58.6 Å². The van der Waals surface area contributed by atoms with E-state index < -0.39 is 6.04 Å². The van der Waals surface area contributed by atoms with Gasteiger partial charge in [-0.2, -0.15) is 0 Å². The highest BCUT2D eigenvalue weighted by Crippen LogP contribution is 2.27. The van der Waals surface area contributed by atoms with E-state index in [0.717, 1.165) is 62.7 Å². The molecule has 162 valence electrons. The maximum absolute atomic E-state index is 13.4. The lowest BCUT2D eigenvalue weighted by molar-refractivity contribution is -0.141. The van der Waals surface area contributed by atoms with Crippen LogP contribution in [0, 0.1) is 0 Å². The summed E-state index contributed by atoms with van der Waals surface area (Å²) in [5, 5.41) is 3.25. The number of hydrogen-bond donors (Lipinski definition) is 1. The van der Waals surface area contributed by atoms with Gasteiger partial charge in [0.15, 0.2) is 0 Å². The Kier molecular flexibility index (Phi) is 10.0. The number of carbonyl (C=O) groups is 2. The van der Waals surface area contributed by atoms with E-state index in [9.17, 15) is 9.59 Å². The van der Waals surface area contributed by atoms with Crippen LogP contribution in [-0.4, -0.2) is 36.4 Å². The van der Waals surface area contributed by atoms with Gasteiger partial charge in [-0.05, 0) is 43.4 Å². The second-order valence-electron chi connectivity index (χ2n) is 8.06. The average Bonchev–Trinajstić information content (AvgIpc) is 2.75. The minimum Gasteiger partial charge on any atom is -0.497 e. The zero-order valence-electron chi connectivity index (χ0n) is 18.4. The Bertz CT molecular complexity index is 624. The molecule has 1 fully saturated rings. The third kappa shape index (κ3) is 7.06. The van der Waals surface area contributed by atoms with Gasteiger partial charge in [0, 0.05) is 19.0 Å². The molecular formula is C24H38N2O3. The van der Waals surface area contributed by atoms with Crippen LogP contribution in [0.5, 0.6) is 5.75 Å². The Labute approximate surface area is 176 Å². The fourth-order valence-electron chi connectivity index (χ4n) is 3.98. The second-order valence-corrected chi connectivity index (χ2v) is 8.06. The van der Waals surface area contributed by atoms with E-state index in [2.05, 4.69) is 19.2 Å². The summed E-state index contributed by atoms with van der Waals surface area (Å²) in [5.41, 5.74) is 0.847.